The number of primary amides is 1. The number of carbonyl (C=O) groups excluding carboxylic acids is 2. The Bertz CT molecular complexity index is 535. The number of unbranched alkanes of at least 4 members (excludes halogenated alkanes) is 3. The van der Waals surface area contributed by atoms with Crippen LogP contribution >= 0.6 is 11.6 Å². The van der Waals surface area contributed by atoms with E-state index in [-0.39, 0.29) is 29.9 Å². The van der Waals surface area contributed by atoms with E-state index in [1.165, 1.54) is 31.4 Å². The fourth-order valence-corrected chi connectivity index (χ4v) is 2.40. The average molecular weight is 341 g/mol. The number of nitrogens with two attached hydrogens (primary N) is 1. The molecule has 1 atom stereocenters. The van der Waals surface area contributed by atoms with E-state index in [1.54, 1.807) is 6.07 Å². The summed E-state index contributed by atoms with van der Waals surface area (Å²) in [7, 11) is 0. The van der Waals surface area contributed by atoms with Crippen molar-refractivity contribution in [3.63, 3.8) is 0 Å². The van der Waals surface area contributed by atoms with E-state index in [4.69, 9.17) is 22.1 Å². The molecule has 2 amide bonds. The smallest absolute Gasteiger partial charge is 0.258 e. The summed E-state index contributed by atoms with van der Waals surface area (Å²) in [5.74, 6) is -0.613. The molecule has 0 aliphatic heterocycles. The first kappa shape index (κ1) is 19.3. The second kappa shape index (κ2) is 10.1. The average Bonchev–Trinajstić information content (AvgIpc) is 2.50. The van der Waals surface area contributed by atoms with Gasteiger partial charge >= 0.3 is 0 Å². The lowest BCUT2D eigenvalue weighted by Gasteiger charge is -2.15. The van der Waals surface area contributed by atoms with E-state index in [9.17, 15) is 9.59 Å². The highest BCUT2D eigenvalue weighted by Gasteiger charge is 2.13. The van der Waals surface area contributed by atoms with E-state index in [1.807, 2.05) is 6.92 Å². The maximum Gasteiger partial charge on any atom is 0.258 e. The third kappa shape index (κ3) is 7.37. The minimum absolute atomic E-state index is 0.101. The SMILES string of the molecule is CCCCCC[C@H](C)NC(=O)COc1ccc(Cl)cc1C(N)=O. The van der Waals surface area contributed by atoms with E-state index in [0.717, 1.165) is 12.8 Å². The van der Waals surface area contributed by atoms with Gasteiger partial charge in [0.25, 0.3) is 11.8 Å². The molecule has 0 fully saturated rings. The molecule has 0 aromatic heterocycles. The Kier molecular flexibility index (Phi) is 8.48. The number of hydrogen-bond donors (Lipinski definition) is 2. The summed E-state index contributed by atoms with van der Waals surface area (Å²) in [6.07, 6.45) is 5.63. The summed E-state index contributed by atoms with van der Waals surface area (Å²) >= 11 is 5.82. The van der Waals surface area contributed by atoms with Gasteiger partial charge in [-0.2, -0.15) is 0 Å². The molecule has 23 heavy (non-hydrogen) atoms. The molecule has 0 radical (unpaired) electrons. The number of halogens is 1. The lowest BCUT2D eigenvalue weighted by atomic mass is 10.1. The normalized spacial score (nSPS) is 11.8. The lowest BCUT2D eigenvalue weighted by Crippen LogP contribution is -2.36. The first-order chi connectivity index (χ1) is 10.9. The highest BCUT2D eigenvalue weighted by Crippen LogP contribution is 2.22. The quantitative estimate of drug-likeness (QED) is 0.641. The Morgan fingerprint density at radius 3 is 2.70 bits per heavy atom. The van der Waals surface area contributed by atoms with Crippen LogP contribution in [0, 0.1) is 0 Å². The van der Waals surface area contributed by atoms with Gasteiger partial charge in [-0.1, -0.05) is 44.2 Å². The lowest BCUT2D eigenvalue weighted by molar-refractivity contribution is -0.123. The van der Waals surface area contributed by atoms with Crippen LogP contribution in [0.5, 0.6) is 5.75 Å². The van der Waals surface area contributed by atoms with Crippen LogP contribution in [-0.4, -0.2) is 24.5 Å². The molecule has 1 aromatic rings. The third-order valence-electron chi connectivity index (χ3n) is 3.46. The zero-order valence-corrected chi connectivity index (χ0v) is 14.5. The number of ether oxygens (including phenoxy) is 1. The van der Waals surface area contributed by atoms with Crippen molar-refractivity contribution >= 4 is 23.4 Å². The second-order valence-electron chi connectivity index (χ2n) is 5.61. The Balaban J connectivity index is 2.43. The topological polar surface area (TPSA) is 81.4 Å². The van der Waals surface area contributed by atoms with Crippen LogP contribution in [0.2, 0.25) is 5.02 Å². The molecule has 1 aromatic carbocycles. The van der Waals surface area contributed by atoms with Gasteiger partial charge in [0.15, 0.2) is 6.61 Å². The van der Waals surface area contributed by atoms with Gasteiger partial charge in [0.05, 0.1) is 5.56 Å². The van der Waals surface area contributed by atoms with Gasteiger partial charge in [0, 0.05) is 11.1 Å². The van der Waals surface area contributed by atoms with Crippen LogP contribution < -0.4 is 15.8 Å². The molecule has 0 aliphatic rings. The van der Waals surface area contributed by atoms with Crippen molar-refractivity contribution in [2.24, 2.45) is 5.73 Å². The molecule has 5 nitrogen and oxygen atoms in total. The largest absolute Gasteiger partial charge is 0.483 e. The van der Waals surface area contributed by atoms with Crippen LogP contribution in [-0.2, 0) is 4.79 Å². The van der Waals surface area contributed by atoms with Crippen molar-refractivity contribution in [1.29, 1.82) is 0 Å². The molecule has 1 rings (SSSR count). The summed E-state index contributed by atoms with van der Waals surface area (Å²) in [6.45, 7) is 3.97. The van der Waals surface area contributed by atoms with Gasteiger partial charge < -0.3 is 15.8 Å². The number of amides is 2. The molecule has 0 spiro atoms. The van der Waals surface area contributed by atoms with Gasteiger partial charge in [0.2, 0.25) is 0 Å². The fraction of sp³-hybridized carbons (Fsp3) is 0.529. The molecule has 128 valence electrons. The summed E-state index contributed by atoms with van der Waals surface area (Å²) < 4.78 is 5.39. The van der Waals surface area contributed by atoms with Gasteiger partial charge in [0.1, 0.15) is 5.75 Å². The van der Waals surface area contributed by atoms with E-state index >= 15 is 0 Å². The van der Waals surface area contributed by atoms with Crippen LogP contribution in [0.4, 0.5) is 0 Å². The highest BCUT2D eigenvalue weighted by molar-refractivity contribution is 6.31. The van der Waals surface area contributed by atoms with Crippen LogP contribution in [0.25, 0.3) is 0 Å². The maximum absolute atomic E-state index is 11.9. The van der Waals surface area contributed by atoms with Crippen molar-refractivity contribution in [1.82, 2.24) is 5.32 Å². The molecule has 0 heterocycles. The first-order valence-electron chi connectivity index (χ1n) is 7.95. The minimum Gasteiger partial charge on any atom is -0.483 e. The molecule has 0 saturated heterocycles. The van der Waals surface area contributed by atoms with Gasteiger partial charge in [-0.05, 0) is 31.5 Å². The van der Waals surface area contributed by atoms with Crippen molar-refractivity contribution in [3.05, 3.63) is 28.8 Å². The van der Waals surface area contributed by atoms with Gasteiger partial charge in [-0.25, -0.2) is 0 Å². The monoisotopic (exact) mass is 340 g/mol. The van der Waals surface area contributed by atoms with Crippen LogP contribution in [0.1, 0.15) is 56.3 Å². The predicted molar refractivity (Wildman–Crippen MR) is 91.8 cm³/mol. The number of nitrogens with one attached hydrogen (secondary N) is 1. The fourth-order valence-electron chi connectivity index (χ4n) is 2.23. The Morgan fingerprint density at radius 1 is 1.30 bits per heavy atom. The van der Waals surface area contributed by atoms with E-state index < -0.39 is 5.91 Å². The third-order valence-corrected chi connectivity index (χ3v) is 3.70. The molecule has 0 bridgehead atoms. The number of carbonyl (C=O) groups is 2. The second-order valence-corrected chi connectivity index (χ2v) is 6.05. The minimum atomic E-state index is -0.646. The Labute approximate surface area is 142 Å². The van der Waals surface area contributed by atoms with Crippen molar-refractivity contribution in [2.45, 2.75) is 52.0 Å². The van der Waals surface area contributed by atoms with E-state index in [0.29, 0.717) is 5.02 Å². The molecular formula is C17H25ClN2O3. The standard InChI is InChI=1S/C17H25ClN2O3/c1-3-4-5-6-7-12(2)20-16(21)11-23-15-9-8-13(18)10-14(15)17(19)22/h8-10,12H,3-7,11H2,1-2H3,(H2,19,22)(H,20,21)/t12-/m0/s1. The number of hydrogen-bond acceptors (Lipinski definition) is 3. The molecule has 0 saturated carbocycles. The summed E-state index contributed by atoms with van der Waals surface area (Å²) in [6, 6.07) is 4.64. The van der Waals surface area contributed by atoms with Crippen molar-refractivity contribution in [3.8, 4) is 5.75 Å². The number of benzene rings is 1. The molecular weight excluding hydrogens is 316 g/mol. The Hall–Kier alpha value is -1.75. The van der Waals surface area contributed by atoms with Crippen molar-refractivity contribution < 1.29 is 14.3 Å². The molecule has 0 unspecified atom stereocenters. The zero-order valence-electron chi connectivity index (χ0n) is 13.7. The first-order valence-corrected chi connectivity index (χ1v) is 8.33. The number of rotatable bonds is 10. The maximum atomic E-state index is 11.9. The molecule has 0 aliphatic carbocycles. The summed E-state index contributed by atoms with van der Waals surface area (Å²) in [5.41, 5.74) is 5.44. The highest BCUT2D eigenvalue weighted by atomic mass is 35.5. The molecule has 3 N–H and O–H groups in total. The van der Waals surface area contributed by atoms with Gasteiger partial charge in [-0.3, -0.25) is 9.59 Å². The molecule has 6 heteroatoms. The van der Waals surface area contributed by atoms with Crippen LogP contribution in [0.15, 0.2) is 18.2 Å². The zero-order chi connectivity index (χ0) is 17.2. The predicted octanol–water partition coefficient (Wildman–Crippen LogP) is 3.29. The van der Waals surface area contributed by atoms with Crippen LogP contribution in [0.3, 0.4) is 0 Å². The Morgan fingerprint density at radius 2 is 2.04 bits per heavy atom. The van der Waals surface area contributed by atoms with E-state index in [2.05, 4.69) is 12.2 Å². The van der Waals surface area contributed by atoms with Crippen molar-refractivity contribution in [2.75, 3.05) is 6.61 Å². The summed E-state index contributed by atoms with van der Waals surface area (Å²) in [4.78, 5) is 23.2. The summed E-state index contributed by atoms with van der Waals surface area (Å²) in [5, 5.41) is 3.27. The van der Waals surface area contributed by atoms with Gasteiger partial charge in [-0.15, -0.1) is 0 Å².